The summed E-state index contributed by atoms with van der Waals surface area (Å²) < 4.78 is 18.5. The Morgan fingerprint density at radius 2 is 2.06 bits per heavy atom. The summed E-state index contributed by atoms with van der Waals surface area (Å²) in [5, 5.41) is 0. The van der Waals surface area contributed by atoms with Crippen LogP contribution in [0.25, 0.3) is 0 Å². The molecule has 0 radical (unpaired) electrons. The molecule has 92 valence electrons. The number of carbonyl (C=O) groups excluding carboxylic acids is 1. The van der Waals surface area contributed by atoms with Crippen LogP contribution in [0.4, 0.5) is 4.39 Å². The molecule has 0 aromatic heterocycles. The lowest BCUT2D eigenvalue weighted by molar-refractivity contribution is -0.120. The van der Waals surface area contributed by atoms with Gasteiger partial charge in [0.2, 0.25) is 0 Å². The smallest absolute Gasteiger partial charge is 0.197 e. The van der Waals surface area contributed by atoms with Gasteiger partial charge >= 0.3 is 0 Å². The van der Waals surface area contributed by atoms with E-state index >= 15 is 0 Å². The van der Waals surface area contributed by atoms with Gasteiger partial charge in [0.15, 0.2) is 23.5 Å². The van der Waals surface area contributed by atoms with Crippen molar-refractivity contribution in [1.82, 2.24) is 4.90 Å². The van der Waals surface area contributed by atoms with E-state index in [1.807, 2.05) is 14.1 Å². The maximum atomic E-state index is 13.3. The summed E-state index contributed by atoms with van der Waals surface area (Å²) in [6.45, 7) is 1.59. The van der Waals surface area contributed by atoms with Gasteiger partial charge in [0.25, 0.3) is 0 Å². The quantitative estimate of drug-likeness (QED) is 0.735. The molecule has 0 aliphatic heterocycles. The lowest BCUT2D eigenvalue weighted by atomic mass is 10.2. The summed E-state index contributed by atoms with van der Waals surface area (Å²) in [6.07, 6.45) is 2.33. The van der Waals surface area contributed by atoms with Crippen LogP contribution in [-0.4, -0.2) is 30.9 Å². The van der Waals surface area contributed by atoms with E-state index in [2.05, 4.69) is 0 Å². The van der Waals surface area contributed by atoms with Gasteiger partial charge in [-0.1, -0.05) is 12.1 Å². The Hall–Kier alpha value is -1.84. The second-order valence-electron chi connectivity index (χ2n) is 3.87. The fraction of sp³-hybridized carbons (Fsp3) is 0.308. The molecule has 0 aliphatic carbocycles. The van der Waals surface area contributed by atoms with E-state index in [0.29, 0.717) is 0 Å². The zero-order valence-electron chi connectivity index (χ0n) is 10.2. The Morgan fingerprint density at radius 1 is 1.41 bits per heavy atom. The molecule has 0 spiro atoms. The number of hydrogen-bond donors (Lipinski definition) is 0. The SMILES string of the molecule is CC(Oc1ccccc1F)C(=O)/C=C/N(C)C. The van der Waals surface area contributed by atoms with Crippen molar-refractivity contribution in [2.24, 2.45) is 0 Å². The summed E-state index contributed by atoms with van der Waals surface area (Å²) in [5.74, 6) is -0.586. The van der Waals surface area contributed by atoms with Crippen molar-refractivity contribution in [3.05, 3.63) is 42.4 Å². The third-order valence-corrected chi connectivity index (χ3v) is 2.08. The Morgan fingerprint density at radius 3 is 2.65 bits per heavy atom. The maximum absolute atomic E-state index is 13.3. The third kappa shape index (κ3) is 4.26. The monoisotopic (exact) mass is 237 g/mol. The predicted octanol–water partition coefficient (Wildman–Crippen LogP) is 2.24. The van der Waals surface area contributed by atoms with Gasteiger partial charge in [0, 0.05) is 26.4 Å². The highest BCUT2D eigenvalue weighted by Crippen LogP contribution is 2.17. The van der Waals surface area contributed by atoms with Gasteiger partial charge in [-0.2, -0.15) is 0 Å². The minimum Gasteiger partial charge on any atom is -0.480 e. The molecule has 1 atom stereocenters. The van der Waals surface area contributed by atoms with Gasteiger partial charge in [-0.3, -0.25) is 4.79 Å². The zero-order valence-corrected chi connectivity index (χ0v) is 10.2. The van der Waals surface area contributed by atoms with Crippen molar-refractivity contribution in [2.45, 2.75) is 13.0 Å². The van der Waals surface area contributed by atoms with Crippen LogP contribution in [0.3, 0.4) is 0 Å². The highest BCUT2D eigenvalue weighted by molar-refractivity contribution is 5.93. The highest BCUT2D eigenvalue weighted by Gasteiger charge is 2.13. The van der Waals surface area contributed by atoms with E-state index in [9.17, 15) is 9.18 Å². The zero-order chi connectivity index (χ0) is 12.8. The largest absolute Gasteiger partial charge is 0.480 e. The Balaban J connectivity index is 2.63. The van der Waals surface area contributed by atoms with Crippen LogP contribution >= 0.6 is 0 Å². The summed E-state index contributed by atoms with van der Waals surface area (Å²) in [6, 6.07) is 6.02. The van der Waals surface area contributed by atoms with Crippen molar-refractivity contribution in [3.8, 4) is 5.75 Å². The highest BCUT2D eigenvalue weighted by atomic mass is 19.1. The van der Waals surface area contributed by atoms with Gasteiger partial charge in [-0.25, -0.2) is 4.39 Å². The molecule has 0 saturated carbocycles. The van der Waals surface area contributed by atoms with Crippen molar-refractivity contribution in [1.29, 1.82) is 0 Å². The van der Waals surface area contributed by atoms with Crippen LogP contribution in [0.2, 0.25) is 0 Å². The molecule has 1 aromatic carbocycles. The fourth-order valence-corrected chi connectivity index (χ4v) is 1.15. The number of carbonyl (C=O) groups is 1. The van der Waals surface area contributed by atoms with Crippen molar-refractivity contribution in [2.75, 3.05) is 14.1 Å². The third-order valence-electron chi connectivity index (χ3n) is 2.08. The number of halogens is 1. The average molecular weight is 237 g/mol. The lowest BCUT2D eigenvalue weighted by Gasteiger charge is -2.12. The summed E-state index contributed by atoms with van der Waals surface area (Å²) in [5.41, 5.74) is 0. The molecule has 0 N–H and O–H groups in total. The predicted molar refractivity (Wildman–Crippen MR) is 64.3 cm³/mol. The van der Waals surface area contributed by atoms with Gasteiger partial charge in [-0.05, 0) is 19.1 Å². The molecule has 1 rings (SSSR count). The first-order chi connectivity index (χ1) is 8.00. The van der Waals surface area contributed by atoms with E-state index in [0.717, 1.165) is 0 Å². The van der Waals surface area contributed by atoms with Gasteiger partial charge in [-0.15, -0.1) is 0 Å². The molecule has 0 fully saturated rings. The second-order valence-corrected chi connectivity index (χ2v) is 3.87. The molecule has 0 saturated heterocycles. The van der Waals surface area contributed by atoms with Crippen LogP contribution in [-0.2, 0) is 4.79 Å². The molecule has 4 heteroatoms. The van der Waals surface area contributed by atoms with E-state index in [1.165, 1.54) is 18.2 Å². The number of ether oxygens (including phenoxy) is 1. The van der Waals surface area contributed by atoms with Gasteiger partial charge in [0.05, 0.1) is 0 Å². The van der Waals surface area contributed by atoms with E-state index < -0.39 is 11.9 Å². The van der Waals surface area contributed by atoms with Crippen molar-refractivity contribution in [3.63, 3.8) is 0 Å². The van der Waals surface area contributed by atoms with E-state index in [4.69, 9.17) is 4.74 Å². The van der Waals surface area contributed by atoms with Crippen LogP contribution in [0.5, 0.6) is 5.75 Å². The summed E-state index contributed by atoms with van der Waals surface area (Å²) in [7, 11) is 3.62. The van der Waals surface area contributed by atoms with Gasteiger partial charge in [0.1, 0.15) is 0 Å². The van der Waals surface area contributed by atoms with Crippen LogP contribution in [0.1, 0.15) is 6.92 Å². The minimum atomic E-state index is -0.705. The average Bonchev–Trinajstić information content (AvgIpc) is 2.28. The molecule has 0 heterocycles. The number of benzene rings is 1. The Bertz CT molecular complexity index is 416. The molecule has 0 aliphatic rings. The van der Waals surface area contributed by atoms with Crippen LogP contribution in [0.15, 0.2) is 36.5 Å². The molecule has 1 unspecified atom stereocenters. The summed E-state index contributed by atoms with van der Waals surface area (Å²) >= 11 is 0. The van der Waals surface area contributed by atoms with E-state index in [-0.39, 0.29) is 11.5 Å². The number of rotatable bonds is 5. The standard InChI is InChI=1S/C13H16FNO2/c1-10(12(16)8-9-15(2)3)17-13-7-5-4-6-11(13)14/h4-10H,1-3H3/b9-8+. The molecule has 3 nitrogen and oxygen atoms in total. The van der Waals surface area contributed by atoms with E-state index in [1.54, 1.807) is 30.2 Å². The van der Waals surface area contributed by atoms with Gasteiger partial charge < -0.3 is 9.64 Å². The molecule has 17 heavy (non-hydrogen) atoms. The van der Waals surface area contributed by atoms with Crippen LogP contribution < -0.4 is 4.74 Å². The van der Waals surface area contributed by atoms with Crippen molar-refractivity contribution < 1.29 is 13.9 Å². The molecular weight excluding hydrogens is 221 g/mol. The fourth-order valence-electron chi connectivity index (χ4n) is 1.15. The Kier molecular flexibility index (Phi) is 4.69. The number of ketones is 1. The topological polar surface area (TPSA) is 29.5 Å². The number of para-hydroxylation sites is 1. The molecule has 1 aromatic rings. The second kappa shape index (κ2) is 6.03. The molecule has 0 bridgehead atoms. The summed E-state index contributed by atoms with van der Waals surface area (Å²) in [4.78, 5) is 13.3. The minimum absolute atomic E-state index is 0.0894. The first kappa shape index (κ1) is 13.2. The normalized spacial score (nSPS) is 12.5. The maximum Gasteiger partial charge on any atom is 0.197 e. The Labute approximate surface area is 100 Å². The first-order valence-electron chi connectivity index (χ1n) is 5.30. The number of nitrogens with zero attached hydrogens (tertiary/aromatic N) is 1. The van der Waals surface area contributed by atoms with Crippen LogP contribution in [0, 0.1) is 5.82 Å². The lowest BCUT2D eigenvalue weighted by Crippen LogP contribution is -2.22. The molecular formula is C13H16FNO2. The first-order valence-corrected chi connectivity index (χ1v) is 5.30. The number of hydrogen-bond acceptors (Lipinski definition) is 3. The van der Waals surface area contributed by atoms with Crippen molar-refractivity contribution >= 4 is 5.78 Å². The molecule has 0 amide bonds.